The van der Waals surface area contributed by atoms with Crippen LogP contribution in [0.5, 0.6) is 0 Å². The van der Waals surface area contributed by atoms with E-state index in [0.717, 1.165) is 25.7 Å². The molecule has 0 aromatic heterocycles. The van der Waals surface area contributed by atoms with Crippen molar-refractivity contribution >= 4 is 15.9 Å². The van der Waals surface area contributed by atoms with Crippen LogP contribution in [-0.4, -0.2) is 27.7 Å². The van der Waals surface area contributed by atoms with Gasteiger partial charge in [0.1, 0.15) is 11.2 Å². The molecule has 2 fully saturated rings. The zero-order valence-corrected chi connectivity index (χ0v) is 14.0. The highest BCUT2D eigenvalue weighted by Gasteiger charge is 2.51. The first-order valence-corrected chi connectivity index (χ1v) is 8.65. The molecular weight excluding hydrogens is 320 g/mol. The predicted molar refractivity (Wildman–Crippen MR) is 81.5 cm³/mol. The van der Waals surface area contributed by atoms with Gasteiger partial charge in [-0.2, -0.15) is 0 Å². The molecule has 4 aliphatic rings. The summed E-state index contributed by atoms with van der Waals surface area (Å²) >= 11 is 3.82. The molecule has 0 aromatic rings. The maximum atomic E-state index is 9.54. The minimum atomic E-state index is -0.595. The third-order valence-corrected chi connectivity index (χ3v) is 7.24. The van der Waals surface area contributed by atoms with Gasteiger partial charge in [0.05, 0.1) is 6.61 Å². The molecule has 4 rings (SSSR count). The van der Waals surface area contributed by atoms with Crippen LogP contribution in [0.1, 0.15) is 52.4 Å². The van der Waals surface area contributed by atoms with Crippen LogP contribution in [0, 0.1) is 11.3 Å². The van der Waals surface area contributed by atoms with E-state index < -0.39 is 5.60 Å². The van der Waals surface area contributed by atoms with Crippen LogP contribution < -0.4 is 0 Å². The summed E-state index contributed by atoms with van der Waals surface area (Å²) in [4.78, 5) is 12.1. The van der Waals surface area contributed by atoms with Gasteiger partial charge in [0.2, 0.25) is 0 Å². The topological polar surface area (TPSA) is 38.7 Å². The first kappa shape index (κ1) is 15.0. The Kier molecular flexibility index (Phi) is 3.81. The smallest absolute Gasteiger partial charge is 0.145 e. The number of alkyl halides is 1. The molecule has 0 amide bonds. The molecule has 2 heterocycles. The Labute approximate surface area is 129 Å². The summed E-state index contributed by atoms with van der Waals surface area (Å²) in [5.41, 5.74) is -0.589. The van der Waals surface area contributed by atoms with Crippen molar-refractivity contribution in [2.45, 2.75) is 68.4 Å². The molecule has 114 valence electrons. The average molecular weight is 345 g/mol. The molecule has 2 aliphatic carbocycles. The van der Waals surface area contributed by atoms with Crippen LogP contribution in [0.15, 0.2) is 12.2 Å². The van der Waals surface area contributed by atoms with E-state index in [1.807, 2.05) is 0 Å². The second-order valence-electron chi connectivity index (χ2n) is 7.47. The van der Waals surface area contributed by atoms with Gasteiger partial charge in [-0.3, -0.25) is 0 Å². The molecule has 1 saturated heterocycles. The number of aliphatic hydroxyl groups is 1. The Hall–Kier alpha value is 0.100. The summed E-state index contributed by atoms with van der Waals surface area (Å²) < 4.78 is 0. The molecule has 3 nitrogen and oxygen atoms in total. The fraction of sp³-hybridized carbons (Fsp3) is 0.875. The predicted octanol–water partition coefficient (Wildman–Crippen LogP) is 3.75. The number of rotatable bonds is 2. The third kappa shape index (κ3) is 2.39. The standard InChI is InChI=1S/C16H25BrO3/c1-14(2)10-12(4-5-13(14)17)16-7-3-6-15(11-18,8-9-16)19-20-16/h8-9,12-13,18H,3-7,10-11H2,1-2H3. The van der Waals surface area contributed by atoms with Crippen molar-refractivity contribution in [2.75, 3.05) is 6.61 Å². The van der Waals surface area contributed by atoms with E-state index in [0.29, 0.717) is 10.7 Å². The van der Waals surface area contributed by atoms with Crippen molar-refractivity contribution in [3.05, 3.63) is 12.2 Å². The molecule has 0 aromatic carbocycles. The van der Waals surface area contributed by atoms with Crippen molar-refractivity contribution in [1.82, 2.24) is 0 Å². The molecule has 2 bridgehead atoms. The quantitative estimate of drug-likeness (QED) is 0.471. The zero-order valence-electron chi connectivity index (χ0n) is 12.4. The van der Waals surface area contributed by atoms with E-state index in [1.165, 1.54) is 12.8 Å². The fourth-order valence-corrected chi connectivity index (χ4v) is 4.46. The molecule has 4 atom stereocenters. The monoisotopic (exact) mass is 344 g/mol. The molecule has 1 N–H and O–H groups in total. The highest BCUT2D eigenvalue weighted by atomic mass is 79.9. The second kappa shape index (κ2) is 5.08. The molecule has 0 spiro atoms. The Bertz CT molecular complexity index is 409. The summed E-state index contributed by atoms with van der Waals surface area (Å²) in [6, 6.07) is 0. The van der Waals surface area contributed by atoms with Crippen molar-refractivity contribution < 1.29 is 14.9 Å². The largest absolute Gasteiger partial charge is 0.393 e. The lowest BCUT2D eigenvalue weighted by Gasteiger charge is -2.47. The normalized spacial score (nSPS) is 47.2. The van der Waals surface area contributed by atoms with Gasteiger partial charge in [0, 0.05) is 4.83 Å². The maximum absolute atomic E-state index is 9.54. The first-order valence-electron chi connectivity index (χ1n) is 7.74. The molecule has 4 heteroatoms. The van der Waals surface area contributed by atoms with Crippen LogP contribution in [0.4, 0.5) is 0 Å². The van der Waals surface area contributed by atoms with Gasteiger partial charge in [-0.1, -0.05) is 35.9 Å². The molecule has 4 unspecified atom stereocenters. The molecule has 1 saturated carbocycles. The summed E-state index contributed by atoms with van der Waals surface area (Å²) in [5, 5.41) is 9.54. The van der Waals surface area contributed by atoms with E-state index >= 15 is 0 Å². The van der Waals surface area contributed by atoms with Gasteiger partial charge in [-0.15, -0.1) is 0 Å². The lowest BCUT2D eigenvalue weighted by molar-refractivity contribution is -0.409. The molecule has 2 aliphatic heterocycles. The molecule has 20 heavy (non-hydrogen) atoms. The van der Waals surface area contributed by atoms with Crippen molar-refractivity contribution in [3.63, 3.8) is 0 Å². The Morgan fingerprint density at radius 2 is 2.00 bits per heavy atom. The molecular formula is C16H25BrO3. The first-order chi connectivity index (χ1) is 9.41. The Balaban J connectivity index is 1.83. The van der Waals surface area contributed by atoms with E-state index in [1.54, 1.807) is 0 Å². The fourth-order valence-electron chi connectivity index (χ4n) is 4.01. The zero-order chi connectivity index (χ0) is 14.4. The Morgan fingerprint density at radius 3 is 2.60 bits per heavy atom. The second-order valence-corrected chi connectivity index (χ2v) is 8.57. The number of halogens is 1. The maximum Gasteiger partial charge on any atom is 0.145 e. The lowest BCUT2D eigenvalue weighted by atomic mass is 9.65. The van der Waals surface area contributed by atoms with Crippen LogP contribution in [0.25, 0.3) is 0 Å². The van der Waals surface area contributed by atoms with Gasteiger partial charge >= 0.3 is 0 Å². The minimum Gasteiger partial charge on any atom is -0.393 e. The van der Waals surface area contributed by atoms with Gasteiger partial charge in [-0.25, -0.2) is 9.78 Å². The summed E-state index contributed by atoms with van der Waals surface area (Å²) in [6.07, 6.45) is 10.6. The van der Waals surface area contributed by atoms with E-state index in [4.69, 9.17) is 9.78 Å². The van der Waals surface area contributed by atoms with Crippen molar-refractivity contribution in [1.29, 1.82) is 0 Å². The van der Waals surface area contributed by atoms with Gasteiger partial charge < -0.3 is 5.11 Å². The SMILES string of the molecule is CC1(C)CC(C23C=CC(CO)(CCC2)OO3)CCC1Br. The highest BCUT2D eigenvalue weighted by molar-refractivity contribution is 9.09. The van der Waals surface area contributed by atoms with E-state index in [9.17, 15) is 5.11 Å². The van der Waals surface area contributed by atoms with Gasteiger partial charge in [0.15, 0.2) is 0 Å². The van der Waals surface area contributed by atoms with Crippen LogP contribution in [0.2, 0.25) is 0 Å². The summed E-state index contributed by atoms with van der Waals surface area (Å²) in [5.74, 6) is 0.498. The highest BCUT2D eigenvalue weighted by Crippen LogP contribution is 2.52. The van der Waals surface area contributed by atoms with Crippen molar-refractivity contribution in [3.8, 4) is 0 Å². The van der Waals surface area contributed by atoms with Crippen LogP contribution in [-0.2, 0) is 9.78 Å². The Morgan fingerprint density at radius 1 is 1.20 bits per heavy atom. The van der Waals surface area contributed by atoms with Gasteiger partial charge in [-0.05, 0) is 55.9 Å². The number of hydrogen-bond donors (Lipinski definition) is 1. The summed E-state index contributed by atoms with van der Waals surface area (Å²) in [6.45, 7) is 4.66. The van der Waals surface area contributed by atoms with E-state index in [-0.39, 0.29) is 17.6 Å². The van der Waals surface area contributed by atoms with Crippen LogP contribution in [0.3, 0.4) is 0 Å². The number of fused-ring (bicyclic) bond motifs is 3. The molecule has 0 radical (unpaired) electrons. The van der Waals surface area contributed by atoms with Crippen LogP contribution >= 0.6 is 15.9 Å². The number of aliphatic hydroxyl groups excluding tert-OH is 1. The lowest BCUT2D eigenvalue weighted by Crippen LogP contribution is -2.49. The minimum absolute atomic E-state index is 0.000780. The van der Waals surface area contributed by atoms with Crippen molar-refractivity contribution in [2.24, 2.45) is 11.3 Å². The van der Waals surface area contributed by atoms with E-state index in [2.05, 4.69) is 41.9 Å². The average Bonchev–Trinajstić information content (AvgIpc) is 2.73. The summed E-state index contributed by atoms with van der Waals surface area (Å²) in [7, 11) is 0. The number of hydrogen-bond acceptors (Lipinski definition) is 3. The van der Waals surface area contributed by atoms with Gasteiger partial charge in [0.25, 0.3) is 0 Å². The third-order valence-electron chi connectivity index (χ3n) is 5.55.